The first kappa shape index (κ1) is 9.82. The number of nitrogens with zero attached hydrogens (tertiary/aromatic N) is 1. The Balaban J connectivity index is 3.15. The van der Waals surface area contributed by atoms with Crippen LogP contribution in [0.15, 0.2) is 24.3 Å². The quantitative estimate of drug-likeness (QED) is 0.717. The molecule has 0 saturated heterocycles. The topological polar surface area (TPSA) is 23.8 Å². The molecule has 0 aliphatic rings. The van der Waals surface area contributed by atoms with Gasteiger partial charge in [0.25, 0.3) is 0 Å². The van der Waals surface area contributed by atoms with Gasteiger partial charge in [0, 0.05) is 5.75 Å². The molecule has 0 N–H and O–H groups in total. The zero-order chi connectivity index (χ0) is 9.68. The number of hydrogen-bond donors (Lipinski definition) is 1. The van der Waals surface area contributed by atoms with E-state index in [-0.39, 0.29) is 5.56 Å². The Morgan fingerprint density at radius 2 is 2.31 bits per heavy atom. The van der Waals surface area contributed by atoms with Crippen LogP contribution in [0, 0.1) is 17.1 Å². The molecule has 0 unspecified atom stereocenters. The van der Waals surface area contributed by atoms with Gasteiger partial charge in [0.1, 0.15) is 11.9 Å². The average Bonchev–Trinajstić information content (AvgIpc) is 2.15. The van der Waals surface area contributed by atoms with Crippen LogP contribution in [0.1, 0.15) is 11.1 Å². The molecule has 0 atom stereocenters. The zero-order valence-corrected chi connectivity index (χ0v) is 7.76. The van der Waals surface area contributed by atoms with Gasteiger partial charge >= 0.3 is 0 Å². The van der Waals surface area contributed by atoms with Gasteiger partial charge in [0.15, 0.2) is 0 Å². The molecule has 0 saturated carbocycles. The molecule has 0 aliphatic heterocycles. The largest absolute Gasteiger partial charge is 0.206 e. The van der Waals surface area contributed by atoms with Crippen LogP contribution < -0.4 is 0 Å². The van der Waals surface area contributed by atoms with Crippen molar-refractivity contribution in [1.29, 1.82) is 5.26 Å². The molecule has 0 bridgehead atoms. The van der Waals surface area contributed by atoms with Crippen LogP contribution in [0.4, 0.5) is 4.39 Å². The van der Waals surface area contributed by atoms with Crippen LogP contribution in [-0.2, 0) is 0 Å². The van der Waals surface area contributed by atoms with Gasteiger partial charge in [-0.3, -0.25) is 0 Å². The van der Waals surface area contributed by atoms with Gasteiger partial charge in [-0.2, -0.15) is 17.9 Å². The third-order valence-electron chi connectivity index (χ3n) is 1.56. The number of benzene rings is 1. The number of halogens is 1. The lowest BCUT2D eigenvalue weighted by Gasteiger charge is -1.97. The van der Waals surface area contributed by atoms with Crippen molar-refractivity contribution in [2.75, 3.05) is 5.75 Å². The first-order valence-electron chi connectivity index (χ1n) is 3.75. The molecule has 13 heavy (non-hydrogen) atoms. The van der Waals surface area contributed by atoms with E-state index < -0.39 is 5.82 Å². The van der Waals surface area contributed by atoms with Gasteiger partial charge in [-0.1, -0.05) is 24.3 Å². The summed E-state index contributed by atoms with van der Waals surface area (Å²) < 4.78 is 13.0. The smallest absolute Gasteiger partial charge is 0.141 e. The highest BCUT2D eigenvalue weighted by molar-refractivity contribution is 7.80. The highest BCUT2D eigenvalue weighted by atomic mass is 32.1. The monoisotopic (exact) mass is 193 g/mol. The Bertz CT molecular complexity index is 366. The predicted octanol–water partition coefficient (Wildman–Crippen LogP) is 2.64. The summed E-state index contributed by atoms with van der Waals surface area (Å²) >= 11 is 3.98. The molecule has 1 rings (SSSR count). The predicted molar refractivity (Wildman–Crippen MR) is 54.0 cm³/mol. The Morgan fingerprint density at radius 1 is 1.54 bits per heavy atom. The molecule has 0 spiro atoms. The molecule has 66 valence electrons. The van der Waals surface area contributed by atoms with Crippen molar-refractivity contribution in [3.05, 3.63) is 41.2 Å². The van der Waals surface area contributed by atoms with Gasteiger partial charge in [-0.15, -0.1) is 0 Å². The van der Waals surface area contributed by atoms with Crippen LogP contribution in [-0.4, -0.2) is 5.75 Å². The van der Waals surface area contributed by atoms with Crippen LogP contribution in [0.3, 0.4) is 0 Å². The third-order valence-corrected chi connectivity index (χ3v) is 1.77. The summed E-state index contributed by atoms with van der Waals surface area (Å²) in [6.07, 6.45) is 3.45. The summed E-state index contributed by atoms with van der Waals surface area (Å²) in [6, 6.07) is 6.37. The summed E-state index contributed by atoms with van der Waals surface area (Å²) in [4.78, 5) is 0. The van der Waals surface area contributed by atoms with Crippen LogP contribution in [0.25, 0.3) is 6.08 Å². The molecule has 1 nitrogen and oxygen atoms in total. The van der Waals surface area contributed by atoms with E-state index in [4.69, 9.17) is 5.26 Å². The fraction of sp³-hybridized carbons (Fsp3) is 0.100. The third kappa shape index (κ3) is 2.33. The minimum atomic E-state index is -0.483. The molecule has 0 amide bonds. The van der Waals surface area contributed by atoms with Gasteiger partial charge in [0.2, 0.25) is 0 Å². The van der Waals surface area contributed by atoms with E-state index in [0.29, 0.717) is 11.3 Å². The zero-order valence-electron chi connectivity index (χ0n) is 6.87. The SMILES string of the molecule is N#Cc1c(F)cccc1C=CCS. The number of rotatable bonds is 2. The van der Waals surface area contributed by atoms with Gasteiger partial charge in [-0.05, 0) is 11.6 Å². The maximum atomic E-state index is 13.0. The van der Waals surface area contributed by atoms with E-state index >= 15 is 0 Å². The normalized spacial score (nSPS) is 10.2. The molecule has 0 aliphatic carbocycles. The standard InChI is InChI=1S/C10H8FNS/c11-10-5-1-3-8(4-2-6-13)9(10)7-12/h1-5,13H,6H2. The second kappa shape index (κ2) is 4.68. The van der Waals surface area contributed by atoms with Crippen molar-refractivity contribution in [3.63, 3.8) is 0 Å². The lowest BCUT2D eigenvalue weighted by molar-refractivity contribution is 0.623. The van der Waals surface area contributed by atoms with E-state index in [9.17, 15) is 4.39 Å². The lowest BCUT2D eigenvalue weighted by Crippen LogP contribution is -1.87. The number of hydrogen-bond acceptors (Lipinski definition) is 2. The first-order valence-corrected chi connectivity index (χ1v) is 4.39. The number of nitriles is 1. The number of thiol groups is 1. The van der Waals surface area contributed by atoms with Crippen molar-refractivity contribution in [2.45, 2.75) is 0 Å². The molecule has 0 radical (unpaired) electrons. The first-order chi connectivity index (χ1) is 6.29. The molecule has 0 fully saturated rings. The molecular formula is C10H8FNS. The van der Waals surface area contributed by atoms with Crippen molar-refractivity contribution in [2.24, 2.45) is 0 Å². The fourth-order valence-corrected chi connectivity index (χ4v) is 1.08. The highest BCUT2D eigenvalue weighted by Gasteiger charge is 2.03. The van der Waals surface area contributed by atoms with Gasteiger partial charge in [-0.25, -0.2) is 4.39 Å². The molecule has 1 aromatic carbocycles. The molecule has 0 aromatic heterocycles. The Morgan fingerprint density at radius 3 is 2.92 bits per heavy atom. The van der Waals surface area contributed by atoms with E-state index in [1.807, 2.05) is 6.07 Å². The molecule has 1 aromatic rings. The second-order valence-corrected chi connectivity index (χ2v) is 2.77. The molecule has 0 heterocycles. The Labute approximate surface area is 81.9 Å². The minimum Gasteiger partial charge on any atom is -0.206 e. The summed E-state index contributed by atoms with van der Waals surface area (Å²) in [5.74, 6) is 0.0882. The average molecular weight is 193 g/mol. The Hall–Kier alpha value is -1.27. The summed E-state index contributed by atoms with van der Waals surface area (Å²) in [5, 5.41) is 8.66. The fourth-order valence-electron chi connectivity index (χ4n) is 0.977. The van der Waals surface area contributed by atoms with E-state index in [1.54, 1.807) is 24.3 Å². The maximum absolute atomic E-state index is 13.0. The van der Waals surface area contributed by atoms with Crippen molar-refractivity contribution >= 4 is 18.7 Å². The van der Waals surface area contributed by atoms with Gasteiger partial charge < -0.3 is 0 Å². The summed E-state index contributed by atoms with van der Waals surface area (Å²) in [5.41, 5.74) is 0.678. The van der Waals surface area contributed by atoms with Crippen molar-refractivity contribution in [3.8, 4) is 6.07 Å². The molecule has 3 heteroatoms. The van der Waals surface area contributed by atoms with E-state index in [2.05, 4.69) is 12.6 Å². The summed E-state index contributed by atoms with van der Waals surface area (Å²) in [7, 11) is 0. The van der Waals surface area contributed by atoms with Crippen LogP contribution in [0.5, 0.6) is 0 Å². The lowest BCUT2D eigenvalue weighted by atomic mass is 10.1. The highest BCUT2D eigenvalue weighted by Crippen LogP contribution is 2.13. The van der Waals surface area contributed by atoms with Gasteiger partial charge in [0.05, 0.1) is 5.56 Å². The maximum Gasteiger partial charge on any atom is 0.141 e. The minimum absolute atomic E-state index is 0.0838. The van der Waals surface area contributed by atoms with Crippen molar-refractivity contribution < 1.29 is 4.39 Å². The van der Waals surface area contributed by atoms with E-state index in [0.717, 1.165) is 0 Å². The second-order valence-electron chi connectivity index (χ2n) is 2.40. The van der Waals surface area contributed by atoms with Crippen molar-refractivity contribution in [1.82, 2.24) is 0 Å². The summed E-state index contributed by atoms with van der Waals surface area (Å²) in [6.45, 7) is 0. The van der Waals surface area contributed by atoms with Crippen LogP contribution >= 0.6 is 12.6 Å². The molecular weight excluding hydrogens is 185 g/mol. The van der Waals surface area contributed by atoms with Crippen LogP contribution in [0.2, 0.25) is 0 Å². The Kier molecular flexibility index (Phi) is 3.53. The van der Waals surface area contributed by atoms with E-state index in [1.165, 1.54) is 6.07 Å².